The van der Waals surface area contributed by atoms with Gasteiger partial charge in [-0.2, -0.15) is 0 Å². The summed E-state index contributed by atoms with van der Waals surface area (Å²) in [5.74, 6) is 0.0458. The van der Waals surface area contributed by atoms with E-state index in [4.69, 9.17) is 23.2 Å². The van der Waals surface area contributed by atoms with Crippen molar-refractivity contribution in [1.29, 1.82) is 0 Å². The third-order valence-corrected chi connectivity index (χ3v) is 3.74. The van der Waals surface area contributed by atoms with E-state index in [-0.39, 0.29) is 11.9 Å². The van der Waals surface area contributed by atoms with Crippen LogP contribution in [0.3, 0.4) is 0 Å². The second-order valence-electron chi connectivity index (χ2n) is 4.63. The average Bonchev–Trinajstić information content (AvgIpc) is 2.39. The highest BCUT2D eigenvalue weighted by molar-refractivity contribution is 6.42. The van der Waals surface area contributed by atoms with Gasteiger partial charge in [-0.15, -0.1) is 0 Å². The largest absolute Gasteiger partial charge is 0.355 e. The van der Waals surface area contributed by atoms with Crippen LogP contribution in [0.1, 0.15) is 25.8 Å². The van der Waals surface area contributed by atoms with Crippen molar-refractivity contribution in [1.82, 2.24) is 10.2 Å². The lowest BCUT2D eigenvalue weighted by Crippen LogP contribution is -2.43. The first kappa shape index (κ1) is 16.3. The van der Waals surface area contributed by atoms with Crippen molar-refractivity contribution in [3.63, 3.8) is 0 Å². The summed E-state index contributed by atoms with van der Waals surface area (Å²) in [7, 11) is 1.92. The van der Waals surface area contributed by atoms with Crippen LogP contribution < -0.4 is 5.32 Å². The number of likely N-dealkylation sites (N-methyl/N-ethyl adjacent to an activating group) is 1. The highest BCUT2D eigenvalue weighted by atomic mass is 35.5. The van der Waals surface area contributed by atoms with Gasteiger partial charge in [-0.3, -0.25) is 9.69 Å². The number of benzene rings is 1. The molecule has 1 N–H and O–H groups in total. The number of hydrogen-bond donors (Lipinski definition) is 1. The van der Waals surface area contributed by atoms with Gasteiger partial charge in [-0.05, 0) is 38.1 Å². The second-order valence-corrected chi connectivity index (χ2v) is 5.44. The van der Waals surface area contributed by atoms with Gasteiger partial charge >= 0.3 is 0 Å². The number of carbonyl (C=O) groups is 1. The summed E-state index contributed by atoms with van der Waals surface area (Å²) in [6, 6.07) is 5.34. The first-order chi connectivity index (χ1) is 8.95. The van der Waals surface area contributed by atoms with E-state index in [9.17, 15) is 4.79 Å². The van der Waals surface area contributed by atoms with E-state index >= 15 is 0 Å². The Morgan fingerprint density at radius 3 is 2.63 bits per heavy atom. The van der Waals surface area contributed by atoms with Gasteiger partial charge in [0.2, 0.25) is 5.91 Å². The molecule has 0 heterocycles. The first-order valence-electron chi connectivity index (χ1n) is 6.37. The quantitative estimate of drug-likeness (QED) is 0.874. The topological polar surface area (TPSA) is 32.3 Å². The van der Waals surface area contributed by atoms with Crippen molar-refractivity contribution < 1.29 is 4.79 Å². The monoisotopic (exact) mass is 302 g/mol. The van der Waals surface area contributed by atoms with Gasteiger partial charge in [0.05, 0.1) is 16.1 Å². The molecular weight excluding hydrogens is 283 g/mol. The smallest absolute Gasteiger partial charge is 0.237 e. The summed E-state index contributed by atoms with van der Waals surface area (Å²) in [6.07, 6.45) is 0.939. The van der Waals surface area contributed by atoms with Gasteiger partial charge < -0.3 is 5.32 Å². The zero-order valence-electron chi connectivity index (χ0n) is 11.5. The van der Waals surface area contributed by atoms with Crippen molar-refractivity contribution in [3.8, 4) is 0 Å². The molecule has 0 aliphatic rings. The minimum Gasteiger partial charge on any atom is -0.355 e. The van der Waals surface area contributed by atoms with E-state index in [2.05, 4.69) is 5.32 Å². The molecule has 5 heteroatoms. The molecule has 0 bridgehead atoms. The van der Waals surface area contributed by atoms with Gasteiger partial charge in [0.15, 0.2) is 0 Å². The van der Waals surface area contributed by atoms with E-state index in [0.717, 1.165) is 12.0 Å². The van der Waals surface area contributed by atoms with Crippen LogP contribution in [0, 0.1) is 0 Å². The molecule has 0 fully saturated rings. The van der Waals surface area contributed by atoms with E-state index in [1.807, 2.05) is 37.9 Å². The molecule has 0 aromatic heterocycles. The van der Waals surface area contributed by atoms with Gasteiger partial charge in [-0.1, -0.05) is 36.2 Å². The zero-order valence-corrected chi connectivity index (χ0v) is 13.1. The summed E-state index contributed by atoms with van der Waals surface area (Å²) in [5.41, 5.74) is 1.03. The minimum absolute atomic E-state index is 0.0458. The van der Waals surface area contributed by atoms with Crippen LogP contribution in [-0.2, 0) is 11.3 Å². The Bertz CT molecular complexity index is 437. The Morgan fingerprint density at radius 2 is 2.05 bits per heavy atom. The second kappa shape index (κ2) is 7.73. The predicted octanol–water partition coefficient (Wildman–Crippen LogP) is 3.34. The van der Waals surface area contributed by atoms with Crippen molar-refractivity contribution in [2.75, 3.05) is 13.6 Å². The minimum atomic E-state index is -0.180. The van der Waals surface area contributed by atoms with Crippen LogP contribution >= 0.6 is 23.2 Å². The van der Waals surface area contributed by atoms with Crippen LogP contribution in [0.2, 0.25) is 10.0 Å². The van der Waals surface area contributed by atoms with E-state index in [0.29, 0.717) is 23.1 Å². The maximum absolute atomic E-state index is 11.9. The zero-order chi connectivity index (χ0) is 14.4. The molecule has 1 amide bonds. The Balaban J connectivity index is 2.60. The normalized spacial score (nSPS) is 12.5. The van der Waals surface area contributed by atoms with Crippen LogP contribution in [0.25, 0.3) is 0 Å². The number of rotatable bonds is 6. The van der Waals surface area contributed by atoms with Crippen LogP contribution in [0.5, 0.6) is 0 Å². The van der Waals surface area contributed by atoms with Gasteiger partial charge in [0, 0.05) is 13.1 Å². The van der Waals surface area contributed by atoms with Gasteiger partial charge in [-0.25, -0.2) is 0 Å². The summed E-state index contributed by atoms with van der Waals surface area (Å²) in [6.45, 7) is 5.29. The molecule has 1 rings (SSSR count). The number of nitrogens with zero attached hydrogens (tertiary/aromatic N) is 1. The van der Waals surface area contributed by atoms with E-state index in [1.54, 1.807) is 6.07 Å². The maximum atomic E-state index is 11.9. The van der Waals surface area contributed by atoms with E-state index in [1.165, 1.54) is 0 Å². The summed E-state index contributed by atoms with van der Waals surface area (Å²) in [5, 5.41) is 3.97. The fraction of sp³-hybridized carbons (Fsp3) is 0.500. The molecule has 3 nitrogen and oxygen atoms in total. The predicted molar refractivity (Wildman–Crippen MR) is 80.7 cm³/mol. The molecule has 0 saturated heterocycles. The fourth-order valence-corrected chi connectivity index (χ4v) is 1.98. The highest BCUT2D eigenvalue weighted by Crippen LogP contribution is 2.23. The number of hydrogen-bond acceptors (Lipinski definition) is 2. The molecule has 0 radical (unpaired) electrons. The Hall–Kier alpha value is -0.770. The van der Waals surface area contributed by atoms with Crippen LogP contribution in [-0.4, -0.2) is 30.4 Å². The first-order valence-corrected chi connectivity index (χ1v) is 7.13. The Kier molecular flexibility index (Phi) is 6.63. The number of nitrogens with one attached hydrogen (secondary N) is 1. The number of amides is 1. The molecule has 0 aliphatic heterocycles. The molecule has 106 valence electrons. The molecule has 0 spiro atoms. The molecular formula is C14H20Cl2N2O. The maximum Gasteiger partial charge on any atom is 0.237 e. The lowest BCUT2D eigenvalue weighted by molar-refractivity contribution is -0.125. The molecule has 1 aromatic carbocycles. The number of halogens is 2. The van der Waals surface area contributed by atoms with Crippen molar-refractivity contribution >= 4 is 29.1 Å². The molecule has 1 unspecified atom stereocenters. The Morgan fingerprint density at radius 1 is 1.37 bits per heavy atom. The lowest BCUT2D eigenvalue weighted by atomic mass is 10.2. The molecule has 1 atom stereocenters. The molecule has 19 heavy (non-hydrogen) atoms. The molecule has 0 aliphatic carbocycles. The lowest BCUT2D eigenvalue weighted by Gasteiger charge is -2.24. The SMILES string of the molecule is CCCNC(=O)C(C)N(C)Cc1ccc(Cl)c(Cl)c1. The summed E-state index contributed by atoms with van der Waals surface area (Å²) < 4.78 is 0. The highest BCUT2D eigenvalue weighted by Gasteiger charge is 2.17. The standard InChI is InChI=1S/C14H20Cl2N2O/c1-4-7-17-14(19)10(2)18(3)9-11-5-6-12(15)13(16)8-11/h5-6,8,10H,4,7,9H2,1-3H3,(H,17,19). The van der Waals surface area contributed by atoms with Crippen molar-refractivity contribution in [2.45, 2.75) is 32.9 Å². The number of carbonyl (C=O) groups excluding carboxylic acids is 1. The van der Waals surface area contributed by atoms with E-state index < -0.39 is 0 Å². The van der Waals surface area contributed by atoms with Gasteiger partial charge in [0.1, 0.15) is 0 Å². The third kappa shape index (κ3) is 5.01. The van der Waals surface area contributed by atoms with Crippen LogP contribution in [0.15, 0.2) is 18.2 Å². The molecule has 1 aromatic rings. The van der Waals surface area contributed by atoms with Crippen molar-refractivity contribution in [2.24, 2.45) is 0 Å². The average molecular weight is 303 g/mol. The molecule has 0 saturated carbocycles. The van der Waals surface area contributed by atoms with Crippen LogP contribution in [0.4, 0.5) is 0 Å². The van der Waals surface area contributed by atoms with Crippen molar-refractivity contribution in [3.05, 3.63) is 33.8 Å². The van der Waals surface area contributed by atoms with Gasteiger partial charge in [0.25, 0.3) is 0 Å². The summed E-state index contributed by atoms with van der Waals surface area (Å²) >= 11 is 11.9. The summed E-state index contributed by atoms with van der Waals surface area (Å²) in [4.78, 5) is 13.8. The Labute approximate surface area is 124 Å². The third-order valence-electron chi connectivity index (χ3n) is 3.01. The fourth-order valence-electron chi connectivity index (χ4n) is 1.66.